The van der Waals surface area contributed by atoms with Crippen molar-refractivity contribution in [2.45, 2.75) is 19.8 Å². The lowest BCUT2D eigenvalue weighted by molar-refractivity contribution is -0.137. The number of rotatable bonds is 7. The van der Waals surface area contributed by atoms with Crippen molar-refractivity contribution < 1.29 is 19.4 Å². The van der Waals surface area contributed by atoms with E-state index in [1.54, 1.807) is 14.0 Å². The smallest absolute Gasteiger partial charge is 0.303 e. The second-order valence-electron chi connectivity index (χ2n) is 4.92. The van der Waals surface area contributed by atoms with E-state index in [0.717, 1.165) is 16.3 Å². The minimum absolute atomic E-state index is 0.0387. The van der Waals surface area contributed by atoms with Gasteiger partial charge in [0.15, 0.2) is 0 Å². The van der Waals surface area contributed by atoms with Crippen LogP contribution in [0.25, 0.3) is 10.6 Å². The van der Waals surface area contributed by atoms with Crippen LogP contribution in [0.1, 0.15) is 28.2 Å². The molecule has 0 atom stereocenters. The molecule has 1 aromatic carbocycles. The Morgan fingerprint density at radius 1 is 1.39 bits per heavy atom. The molecule has 23 heavy (non-hydrogen) atoms. The van der Waals surface area contributed by atoms with Crippen LogP contribution in [0.4, 0.5) is 0 Å². The molecule has 2 rings (SSSR count). The molecular formula is C16H18N2O4S. The van der Waals surface area contributed by atoms with E-state index in [0.29, 0.717) is 23.5 Å². The van der Waals surface area contributed by atoms with Gasteiger partial charge in [-0.1, -0.05) is 12.1 Å². The number of carbonyl (C=O) groups excluding carboxylic acids is 1. The van der Waals surface area contributed by atoms with Crippen molar-refractivity contribution in [1.82, 2.24) is 10.3 Å². The fourth-order valence-electron chi connectivity index (χ4n) is 2.01. The summed E-state index contributed by atoms with van der Waals surface area (Å²) in [6, 6.07) is 7.50. The van der Waals surface area contributed by atoms with Gasteiger partial charge in [0.25, 0.3) is 5.91 Å². The van der Waals surface area contributed by atoms with Crippen LogP contribution in [0.2, 0.25) is 0 Å². The third kappa shape index (κ3) is 4.53. The molecule has 1 aromatic heterocycles. The Hall–Kier alpha value is -2.41. The molecule has 0 aliphatic rings. The Kier molecular flexibility index (Phi) is 5.70. The number of aliphatic carboxylic acids is 1. The number of carboxylic acid groups (broad SMARTS) is 1. The molecule has 0 radical (unpaired) electrons. The zero-order chi connectivity index (χ0) is 16.8. The van der Waals surface area contributed by atoms with Crippen molar-refractivity contribution in [3.05, 3.63) is 34.8 Å². The van der Waals surface area contributed by atoms with Crippen LogP contribution >= 0.6 is 11.3 Å². The van der Waals surface area contributed by atoms with Gasteiger partial charge in [-0.25, -0.2) is 4.98 Å². The largest absolute Gasteiger partial charge is 0.497 e. The summed E-state index contributed by atoms with van der Waals surface area (Å²) < 4.78 is 5.20. The Balaban J connectivity index is 2.08. The number of hydrogen-bond acceptors (Lipinski definition) is 5. The van der Waals surface area contributed by atoms with Crippen LogP contribution in [0.3, 0.4) is 0 Å². The molecule has 0 spiro atoms. The summed E-state index contributed by atoms with van der Waals surface area (Å²) in [5, 5.41) is 12.1. The molecule has 1 amide bonds. The van der Waals surface area contributed by atoms with E-state index < -0.39 is 5.97 Å². The number of aromatic nitrogens is 1. The van der Waals surface area contributed by atoms with Gasteiger partial charge in [0.05, 0.1) is 12.8 Å². The summed E-state index contributed by atoms with van der Waals surface area (Å²) in [5.41, 5.74) is 1.55. The van der Waals surface area contributed by atoms with Crippen molar-refractivity contribution >= 4 is 23.2 Å². The minimum atomic E-state index is -0.867. The van der Waals surface area contributed by atoms with E-state index in [4.69, 9.17) is 9.84 Å². The van der Waals surface area contributed by atoms with E-state index in [2.05, 4.69) is 10.3 Å². The molecule has 1 heterocycles. The zero-order valence-electron chi connectivity index (χ0n) is 13.0. The maximum atomic E-state index is 12.2. The van der Waals surface area contributed by atoms with Crippen LogP contribution in [-0.2, 0) is 4.79 Å². The molecular weight excluding hydrogens is 316 g/mol. The predicted octanol–water partition coefficient (Wildman–Crippen LogP) is 2.72. The first-order chi connectivity index (χ1) is 11.0. The summed E-state index contributed by atoms with van der Waals surface area (Å²) >= 11 is 1.31. The van der Waals surface area contributed by atoms with Gasteiger partial charge in [-0.2, -0.15) is 0 Å². The number of nitrogens with one attached hydrogen (secondary N) is 1. The molecule has 0 saturated heterocycles. The molecule has 122 valence electrons. The van der Waals surface area contributed by atoms with Crippen LogP contribution in [0.15, 0.2) is 24.3 Å². The maximum Gasteiger partial charge on any atom is 0.303 e. The Morgan fingerprint density at radius 3 is 2.87 bits per heavy atom. The summed E-state index contributed by atoms with van der Waals surface area (Å²) in [6.45, 7) is 2.11. The number of amides is 1. The lowest BCUT2D eigenvalue weighted by Crippen LogP contribution is -2.24. The highest BCUT2D eigenvalue weighted by molar-refractivity contribution is 7.17. The minimum Gasteiger partial charge on any atom is -0.497 e. The van der Waals surface area contributed by atoms with E-state index in [-0.39, 0.29) is 12.3 Å². The SMILES string of the molecule is COc1cccc(-c2nc(C)c(C(=O)NCCCC(=O)O)s2)c1. The normalized spacial score (nSPS) is 10.3. The molecule has 6 nitrogen and oxygen atoms in total. The van der Waals surface area contributed by atoms with Gasteiger partial charge in [-0.15, -0.1) is 11.3 Å². The van der Waals surface area contributed by atoms with Crippen LogP contribution in [-0.4, -0.2) is 35.6 Å². The molecule has 0 aliphatic heterocycles. The third-order valence-electron chi connectivity index (χ3n) is 3.17. The topological polar surface area (TPSA) is 88.5 Å². The first-order valence-electron chi connectivity index (χ1n) is 7.13. The third-order valence-corrected chi connectivity index (χ3v) is 4.38. The highest BCUT2D eigenvalue weighted by atomic mass is 32.1. The van der Waals surface area contributed by atoms with Crippen molar-refractivity contribution in [1.29, 1.82) is 0 Å². The van der Waals surface area contributed by atoms with Gasteiger partial charge < -0.3 is 15.2 Å². The molecule has 2 aromatic rings. The average molecular weight is 334 g/mol. The molecule has 7 heteroatoms. The number of thiazole rings is 1. The summed E-state index contributed by atoms with van der Waals surface area (Å²) in [5.74, 6) is -0.358. The number of benzene rings is 1. The molecule has 0 saturated carbocycles. The Morgan fingerprint density at radius 2 is 2.17 bits per heavy atom. The fraction of sp³-hybridized carbons (Fsp3) is 0.312. The average Bonchev–Trinajstić information content (AvgIpc) is 2.93. The molecule has 0 aliphatic carbocycles. The highest BCUT2D eigenvalue weighted by Gasteiger charge is 2.16. The van der Waals surface area contributed by atoms with Crippen LogP contribution in [0, 0.1) is 6.92 Å². The quantitative estimate of drug-likeness (QED) is 0.760. The zero-order valence-corrected chi connectivity index (χ0v) is 13.8. The van der Waals surface area contributed by atoms with Gasteiger partial charge in [-0.3, -0.25) is 9.59 Å². The number of hydrogen-bond donors (Lipinski definition) is 2. The summed E-state index contributed by atoms with van der Waals surface area (Å²) in [6.07, 6.45) is 0.443. The van der Waals surface area contributed by atoms with E-state index in [1.807, 2.05) is 24.3 Å². The monoisotopic (exact) mass is 334 g/mol. The predicted molar refractivity (Wildman–Crippen MR) is 88.0 cm³/mol. The molecule has 0 unspecified atom stereocenters. The number of aryl methyl sites for hydroxylation is 1. The molecule has 0 fully saturated rings. The Bertz CT molecular complexity index is 712. The number of carboxylic acids is 1. The number of nitrogens with zero attached hydrogens (tertiary/aromatic N) is 1. The van der Waals surface area contributed by atoms with Gasteiger partial charge in [-0.05, 0) is 25.5 Å². The molecule has 2 N–H and O–H groups in total. The van der Waals surface area contributed by atoms with Crippen molar-refractivity contribution in [3.8, 4) is 16.3 Å². The van der Waals surface area contributed by atoms with E-state index >= 15 is 0 Å². The number of ether oxygens (including phenoxy) is 1. The van der Waals surface area contributed by atoms with Gasteiger partial charge >= 0.3 is 5.97 Å². The second kappa shape index (κ2) is 7.73. The van der Waals surface area contributed by atoms with Gasteiger partial charge in [0.2, 0.25) is 0 Å². The van der Waals surface area contributed by atoms with Crippen LogP contribution in [0.5, 0.6) is 5.75 Å². The number of methoxy groups -OCH3 is 1. The maximum absolute atomic E-state index is 12.2. The van der Waals surface area contributed by atoms with E-state index in [9.17, 15) is 9.59 Å². The fourth-order valence-corrected chi connectivity index (χ4v) is 2.99. The van der Waals surface area contributed by atoms with E-state index in [1.165, 1.54) is 11.3 Å². The van der Waals surface area contributed by atoms with Gasteiger partial charge in [0.1, 0.15) is 15.6 Å². The van der Waals surface area contributed by atoms with Crippen LogP contribution < -0.4 is 10.1 Å². The lowest BCUT2D eigenvalue weighted by atomic mass is 10.2. The first kappa shape index (κ1) is 17.0. The summed E-state index contributed by atoms with van der Waals surface area (Å²) in [4.78, 5) is 27.6. The van der Waals surface area contributed by atoms with Crippen molar-refractivity contribution in [3.63, 3.8) is 0 Å². The summed E-state index contributed by atoms with van der Waals surface area (Å²) in [7, 11) is 1.60. The second-order valence-corrected chi connectivity index (χ2v) is 5.92. The van der Waals surface area contributed by atoms with Crippen molar-refractivity contribution in [2.75, 3.05) is 13.7 Å². The van der Waals surface area contributed by atoms with Crippen molar-refractivity contribution in [2.24, 2.45) is 0 Å². The van der Waals surface area contributed by atoms with Gasteiger partial charge in [0, 0.05) is 18.5 Å². The molecule has 0 bridgehead atoms. The standard InChI is InChI=1S/C16H18N2O4S/c1-10-14(15(21)17-8-4-7-13(19)20)23-16(18-10)11-5-3-6-12(9-11)22-2/h3,5-6,9H,4,7-8H2,1-2H3,(H,17,21)(H,19,20). The highest BCUT2D eigenvalue weighted by Crippen LogP contribution is 2.29. The first-order valence-corrected chi connectivity index (χ1v) is 7.94. The Labute approximate surface area is 138 Å². The number of carbonyl (C=O) groups is 2. The lowest BCUT2D eigenvalue weighted by Gasteiger charge is -2.02.